The first kappa shape index (κ1) is 47.0. The highest BCUT2D eigenvalue weighted by Crippen LogP contribution is 2.40. The smallest absolute Gasteiger partial charge is 0.372 e. The van der Waals surface area contributed by atoms with Gasteiger partial charge in [0.05, 0.1) is 58.8 Å². The molecule has 0 aliphatic carbocycles. The van der Waals surface area contributed by atoms with Crippen molar-refractivity contribution in [3.8, 4) is 0 Å². The van der Waals surface area contributed by atoms with Crippen LogP contribution in [0.1, 0.15) is 99.0 Å². The lowest BCUT2D eigenvalue weighted by molar-refractivity contribution is -0.145. The second-order valence-electron chi connectivity index (χ2n) is 16.6. The van der Waals surface area contributed by atoms with E-state index in [-0.39, 0.29) is 48.5 Å². The second kappa shape index (κ2) is 16.7. The molecule has 22 heteroatoms. The van der Waals surface area contributed by atoms with E-state index in [1.54, 1.807) is 0 Å². The van der Waals surface area contributed by atoms with Crippen LogP contribution in [0.3, 0.4) is 0 Å². The predicted molar refractivity (Wildman–Crippen MR) is 191 cm³/mol. The van der Waals surface area contributed by atoms with Crippen LogP contribution in [0.5, 0.6) is 0 Å². The lowest BCUT2D eigenvalue weighted by atomic mass is 9.81. The van der Waals surface area contributed by atoms with Gasteiger partial charge in [0.2, 0.25) is 0 Å². The van der Waals surface area contributed by atoms with E-state index in [9.17, 15) is 62.3 Å². The summed E-state index contributed by atoms with van der Waals surface area (Å²) < 4.78 is 168. The van der Waals surface area contributed by atoms with Crippen LogP contribution < -0.4 is 31.9 Å². The molecule has 0 aromatic heterocycles. The number of carbonyl (C=O) groups excluding carboxylic acids is 2. The average molecular weight is 879 g/mol. The number of nitrogens with one attached hydrogen (secondary N) is 6. The van der Waals surface area contributed by atoms with Gasteiger partial charge in [0.25, 0.3) is 0 Å². The molecule has 4 saturated heterocycles. The number of benzene rings is 2. The minimum Gasteiger partial charge on any atom is -0.372 e. The van der Waals surface area contributed by atoms with Gasteiger partial charge in [-0.2, -0.15) is 52.7 Å². The maximum absolute atomic E-state index is 13.1. The molecule has 6 N–H and O–H groups in total. The van der Waals surface area contributed by atoms with Crippen LogP contribution in [-0.4, -0.2) is 73.6 Å². The Morgan fingerprint density at radius 1 is 0.517 bits per heavy atom. The maximum atomic E-state index is 13.1. The highest BCUT2D eigenvalue weighted by Gasteiger charge is 2.46. The number of piperidine rings is 2. The Bertz CT molecular complexity index is 1670. The largest absolute Gasteiger partial charge is 0.416 e. The third kappa shape index (κ3) is 11.7. The Morgan fingerprint density at radius 3 is 1.03 bits per heavy atom. The van der Waals surface area contributed by atoms with Crippen molar-refractivity contribution in [2.45, 2.75) is 112 Å². The van der Waals surface area contributed by atoms with E-state index in [1.165, 1.54) is 13.8 Å². The molecule has 0 saturated carbocycles. The molecular weight excluding hydrogens is 832 g/mol. The van der Waals surface area contributed by atoms with Crippen molar-refractivity contribution in [2.24, 2.45) is 0 Å². The molecule has 4 amide bonds. The lowest BCUT2D eigenvalue weighted by Crippen LogP contribution is -2.63. The number of urea groups is 2. The van der Waals surface area contributed by atoms with Crippen molar-refractivity contribution in [3.63, 3.8) is 0 Å². The molecule has 6 rings (SSSR count). The van der Waals surface area contributed by atoms with Gasteiger partial charge < -0.3 is 41.4 Å². The molecule has 4 aliphatic heterocycles. The summed E-state index contributed by atoms with van der Waals surface area (Å²) in [5.74, 6) is 0. The fraction of sp³-hybridized carbons (Fsp3) is 0.632. The zero-order chi connectivity index (χ0) is 44.7. The average Bonchev–Trinajstić information content (AvgIpc) is 3.72. The van der Waals surface area contributed by atoms with E-state index in [2.05, 4.69) is 31.9 Å². The summed E-state index contributed by atoms with van der Waals surface area (Å²) in [7, 11) is 0. The summed E-state index contributed by atoms with van der Waals surface area (Å²) in [6, 6.07) is 2.46. The number of hydrogen-bond donors (Lipinski definition) is 6. The normalized spacial score (nSPS) is 28.3. The SMILES string of the molecule is C[C@@H](OC[C@@]1(C)CC[C@@]2(CNC(=O)N2)CN1)c1cc(C(F)(F)F)cc(C(F)(F)F)c1.C[C@@H](OC[C@@]1(C)CC[C@]2(CNC(=O)N2)CN1)c1cc(C(F)(F)F)cc(C(F)(F)F)c1. The fourth-order valence-corrected chi connectivity index (χ4v) is 7.31. The molecule has 0 unspecified atom stereocenters. The topological polar surface area (TPSA) is 125 Å². The van der Waals surface area contributed by atoms with Crippen LogP contribution in [0, 0.1) is 0 Å². The molecule has 6 atom stereocenters. The van der Waals surface area contributed by atoms with Crippen LogP contribution in [-0.2, 0) is 34.2 Å². The molecule has 0 bridgehead atoms. The number of alkyl halides is 12. The van der Waals surface area contributed by atoms with Gasteiger partial charge in [-0.1, -0.05) is 0 Å². The summed E-state index contributed by atoms with van der Waals surface area (Å²) >= 11 is 0. The van der Waals surface area contributed by atoms with Crippen molar-refractivity contribution in [1.82, 2.24) is 31.9 Å². The monoisotopic (exact) mass is 878 g/mol. The molecule has 336 valence electrons. The fourth-order valence-electron chi connectivity index (χ4n) is 7.31. The van der Waals surface area contributed by atoms with E-state index in [0.29, 0.717) is 76.1 Å². The molecule has 4 fully saturated rings. The van der Waals surface area contributed by atoms with Crippen molar-refractivity contribution < 1.29 is 71.7 Å². The van der Waals surface area contributed by atoms with E-state index in [1.807, 2.05) is 13.8 Å². The molecule has 10 nitrogen and oxygen atoms in total. The van der Waals surface area contributed by atoms with Gasteiger partial charge in [-0.25, -0.2) is 9.59 Å². The van der Waals surface area contributed by atoms with Crippen LogP contribution in [0.4, 0.5) is 62.3 Å². The third-order valence-electron chi connectivity index (χ3n) is 11.4. The van der Waals surface area contributed by atoms with Gasteiger partial charge in [0.1, 0.15) is 0 Å². The Balaban J connectivity index is 0.000000228. The van der Waals surface area contributed by atoms with Gasteiger partial charge in [-0.05, 0) is 101 Å². The Labute approximate surface area is 337 Å². The molecule has 60 heavy (non-hydrogen) atoms. The van der Waals surface area contributed by atoms with E-state index in [4.69, 9.17) is 9.47 Å². The third-order valence-corrected chi connectivity index (χ3v) is 11.4. The molecule has 4 heterocycles. The molecular formula is C38H46F12N6O4. The summed E-state index contributed by atoms with van der Waals surface area (Å²) in [5, 5.41) is 17.7. The maximum Gasteiger partial charge on any atom is 0.416 e. The number of rotatable bonds is 8. The van der Waals surface area contributed by atoms with E-state index >= 15 is 0 Å². The minimum absolute atomic E-state index is 0.0865. The predicted octanol–water partition coefficient (Wildman–Crippen LogP) is 7.99. The highest BCUT2D eigenvalue weighted by atomic mass is 19.4. The first-order valence-corrected chi connectivity index (χ1v) is 18.9. The molecule has 0 radical (unpaired) electrons. The number of carbonyl (C=O) groups is 2. The number of hydrogen-bond acceptors (Lipinski definition) is 6. The quantitative estimate of drug-likeness (QED) is 0.150. The Kier molecular flexibility index (Phi) is 13.1. The van der Waals surface area contributed by atoms with E-state index < -0.39 is 81.3 Å². The van der Waals surface area contributed by atoms with Gasteiger partial charge in [0.15, 0.2) is 0 Å². The molecule has 2 spiro atoms. The summed E-state index contributed by atoms with van der Waals surface area (Å²) in [4.78, 5) is 22.8. The van der Waals surface area contributed by atoms with Gasteiger partial charge in [-0.3, -0.25) is 0 Å². The number of ether oxygens (including phenoxy) is 2. The Morgan fingerprint density at radius 2 is 0.817 bits per heavy atom. The van der Waals surface area contributed by atoms with Crippen LogP contribution in [0.15, 0.2) is 36.4 Å². The van der Waals surface area contributed by atoms with Crippen molar-refractivity contribution in [3.05, 3.63) is 69.8 Å². The first-order chi connectivity index (χ1) is 27.4. The van der Waals surface area contributed by atoms with Crippen LogP contribution >= 0.6 is 0 Å². The highest BCUT2D eigenvalue weighted by molar-refractivity contribution is 5.78. The second-order valence-corrected chi connectivity index (χ2v) is 16.6. The van der Waals surface area contributed by atoms with Gasteiger partial charge in [-0.15, -0.1) is 0 Å². The summed E-state index contributed by atoms with van der Waals surface area (Å²) in [6.45, 7) is 8.66. The van der Waals surface area contributed by atoms with Crippen molar-refractivity contribution in [2.75, 3.05) is 39.4 Å². The summed E-state index contributed by atoms with van der Waals surface area (Å²) in [5.41, 5.74) is -7.70. The lowest BCUT2D eigenvalue weighted by Gasteiger charge is -2.43. The standard InChI is InChI=1S/2C19H23F6N3O2/c2*1-11(12-5-13(18(20,21)22)7-14(6-12)19(23,24)25)30-10-16(2)3-4-17(9-27-16)8-26-15(29)28-17/h2*5-7,11,27H,3-4,8-10H2,1-2H3,(H2,26,28,29)/t11-,16-,17+;11-,16-,17-/m11/s1. The minimum atomic E-state index is -4.90. The molecule has 2 aromatic carbocycles. The van der Waals surface area contributed by atoms with Crippen LogP contribution in [0.2, 0.25) is 0 Å². The zero-order valence-electron chi connectivity index (χ0n) is 32.9. The first-order valence-electron chi connectivity index (χ1n) is 18.9. The zero-order valence-corrected chi connectivity index (χ0v) is 32.9. The molecule has 4 aliphatic rings. The number of amides is 4. The van der Waals surface area contributed by atoms with Gasteiger partial charge >= 0.3 is 36.8 Å². The van der Waals surface area contributed by atoms with Crippen molar-refractivity contribution in [1.29, 1.82) is 0 Å². The number of halogens is 12. The van der Waals surface area contributed by atoms with E-state index in [0.717, 1.165) is 0 Å². The van der Waals surface area contributed by atoms with Crippen LogP contribution in [0.25, 0.3) is 0 Å². The molecule has 2 aromatic rings. The van der Waals surface area contributed by atoms with Gasteiger partial charge in [0, 0.05) is 37.3 Å². The Hall–Kier alpha value is -4.02. The summed E-state index contributed by atoms with van der Waals surface area (Å²) in [6.07, 6.45) is -19.0. The van der Waals surface area contributed by atoms with Crippen molar-refractivity contribution >= 4 is 12.1 Å².